The minimum atomic E-state index is -0.408. The normalized spacial score (nSPS) is 10.3. The van der Waals surface area contributed by atoms with Crippen molar-refractivity contribution in [2.24, 2.45) is 0 Å². The lowest BCUT2D eigenvalue weighted by Crippen LogP contribution is -2.04. The molecule has 1 N–H and O–H groups in total. The van der Waals surface area contributed by atoms with Crippen molar-refractivity contribution in [2.75, 3.05) is 19.0 Å². The van der Waals surface area contributed by atoms with Crippen molar-refractivity contribution in [2.45, 2.75) is 13.8 Å². The highest BCUT2D eigenvalue weighted by Gasteiger charge is 2.15. The lowest BCUT2D eigenvalue weighted by Gasteiger charge is -2.12. The molecule has 0 saturated heterocycles. The molecule has 0 radical (unpaired) electrons. The van der Waals surface area contributed by atoms with Crippen molar-refractivity contribution in [1.29, 1.82) is 0 Å². The Kier molecular flexibility index (Phi) is 3.94. The van der Waals surface area contributed by atoms with Crippen molar-refractivity contribution >= 4 is 5.82 Å². The Bertz CT molecular complexity index is 587. The predicted molar refractivity (Wildman–Crippen MR) is 72.9 cm³/mol. The van der Waals surface area contributed by atoms with E-state index in [2.05, 4.69) is 15.3 Å². The quantitative estimate of drug-likeness (QED) is 0.919. The van der Waals surface area contributed by atoms with E-state index in [1.807, 2.05) is 13.8 Å². The van der Waals surface area contributed by atoms with Crippen LogP contribution < -0.4 is 10.1 Å². The van der Waals surface area contributed by atoms with Gasteiger partial charge in [0, 0.05) is 17.7 Å². The lowest BCUT2D eigenvalue weighted by molar-refractivity contribution is 0.387. The second-order valence-corrected chi connectivity index (χ2v) is 4.05. The summed E-state index contributed by atoms with van der Waals surface area (Å²) in [6.45, 7) is 4.59. The molecule has 19 heavy (non-hydrogen) atoms. The Hall–Kier alpha value is -2.17. The van der Waals surface area contributed by atoms with E-state index in [4.69, 9.17) is 4.74 Å². The van der Waals surface area contributed by atoms with Crippen molar-refractivity contribution in [1.82, 2.24) is 9.97 Å². The van der Waals surface area contributed by atoms with Crippen LogP contribution in [0.3, 0.4) is 0 Å². The van der Waals surface area contributed by atoms with Crippen molar-refractivity contribution in [3.8, 4) is 17.0 Å². The van der Waals surface area contributed by atoms with Crippen molar-refractivity contribution in [3.63, 3.8) is 0 Å². The maximum absolute atomic E-state index is 14.3. The zero-order valence-electron chi connectivity index (χ0n) is 11.2. The zero-order chi connectivity index (χ0) is 13.8. The third-order valence-electron chi connectivity index (χ3n) is 2.87. The summed E-state index contributed by atoms with van der Waals surface area (Å²) in [5.74, 6) is 0.518. The van der Waals surface area contributed by atoms with Gasteiger partial charge < -0.3 is 10.1 Å². The lowest BCUT2D eigenvalue weighted by atomic mass is 10.1. The maximum atomic E-state index is 14.3. The molecule has 0 aliphatic carbocycles. The van der Waals surface area contributed by atoms with E-state index in [0.29, 0.717) is 11.3 Å². The van der Waals surface area contributed by atoms with E-state index in [1.165, 1.54) is 13.4 Å². The summed E-state index contributed by atoms with van der Waals surface area (Å²) in [6.07, 6.45) is 1.43. The molecule has 100 valence electrons. The van der Waals surface area contributed by atoms with Crippen LogP contribution in [0.5, 0.6) is 5.75 Å². The average Bonchev–Trinajstić information content (AvgIpc) is 2.42. The predicted octanol–water partition coefficient (Wildman–Crippen LogP) is 3.03. The SMILES string of the molecule is CCNc1ncnc(-c2cccc(OC)c2F)c1C. The van der Waals surface area contributed by atoms with E-state index in [-0.39, 0.29) is 5.75 Å². The first-order valence-corrected chi connectivity index (χ1v) is 6.07. The monoisotopic (exact) mass is 261 g/mol. The second kappa shape index (κ2) is 5.65. The molecular formula is C14H16FN3O. The average molecular weight is 261 g/mol. The number of nitrogens with one attached hydrogen (secondary N) is 1. The van der Waals surface area contributed by atoms with Crippen LogP contribution in [0.25, 0.3) is 11.3 Å². The van der Waals surface area contributed by atoms with E-state index in [0.717, 1.165) is 17.9 Å². The van der Waals surface area contributed by atoms with Gasteiger partial charge in [0.15, 0.2) is 11.6 Å². The van der Waals surface area contributed by atoms with Gasteiger partial charge in [-0.25, -0.2) is 14.4 Å². The number of anilines is 1. The van der Waals surface area contributed by atoms with Gasteiger partial charge in [-0.05, 0) is 26.0 Å². The van der Waals surface area contributed by atoms with E-state index in [9.17, 15) is 4.39 Å². The molecule has 0 spiro atoms. The molecule has 0 aliphatic rings. The number of aromatic nitrogens is 2. The molecule has 2 rings (SSSR count). The molecular weight excluding hydrogens is 245 g/mol. The number of ether oxygens (including phenoxy) is 1. The highest BCUT2D eigenvalue weighted by molar-refractivity contribution is 5.69. The van der Waals surface area contributed by atoms with Crippen LogP contribution in [0, 0.1) is 12.7 Å². The van der Waals surface area contributed by atoms with Gasteiger partial charge in [-0.1, -0.05) is 6.07 Å². The molecule has 1 aromatic carbocycles. The third-order valence-corrected chi connectivity index (χ3v) is 2.87. The van der Waals surface area contributed by atoms with Crippen LogP contribution in [0.1, 0.15) is 12.5 Å². The van der Waals surface area contributed by atoms with Gasteiger partial charge in [0.05, 0.1) is 12.8 Å². The summed E-state index contributed by atoms with van der Waals surface area (Å²) in [5.41, 5.74) is 1.80. The number of hydrogen-bond acceptors (Lipinski definition) is 4. The van der Waals surface area contributed by atoms with Crippen LogP contribution in [-0.4, -0.2) is 23.6 Å². The van der Waals surface area contributed by atoms with Crippen molar-refractivity contribution < 1.29 is 9.13 Å². The van der Waals surface area contributed by atoms with Crippen LogP contribution >= 0.6 is 0 Å². The summed E-state index contributed by atoms with van der Waals surface area (Å²) in [6, 6.07) is 5.01. The number of nitrogens with zero attached hydrogens (tertiary/aromatic N) is 2. The fraction of sp³-hybridized carbons (Fsp3) is 0.286. The van der Waals surface area contributed by atoms with E-state index >= 15 is 0 Å². The minimum Gasteiger partial charge on any atom is -0.494 e. The van der Waals surface area contributed by atoms with Gasteiger partial charge in [-0.15, -0.1) is 0 Å². The first kappa shape index (κ1) is 13.3. The van der Waals surface area contributed by atoms with Crippen LogP contribution in [0.2, 0.25) is 0 Å². The number of benzene rings is 1. The first-order valence-electron chi connectivity index (χ1n) is 6.07. The second-order valence-electron chi connectivity index (χ2n) is 4.05. The molecule has 0 saturated carbocycles. The summed E-state index contributed by atoms with van der Waals surface area (Å²) in [7, 11) is 1.44. The Morgan fingerprint density at radius 2 is 2.11 bits per heavy atom. The molecule has 4 nitrogen and oxygen atoms in total. The zero-order valence-corrected chi connectivity index (χ0v) is 11.2. The Morgan fingerprint density at radius 1 is 1.32 bits per heavy atom. The fourth-order valence-corrected chi connectivity index (χ4v) is 1.92. The van der Waals surface area contributed by atoms with Gasteiger partial charge in [0.25, 0.3) is 0 Å². The molecule has 0 amide bonds. The summed E-state index contributed by atoms with van der Waals surface area (Å²) < 4.78 is 19.2. The molecule has 0 fully saturated rings. The smallest absolute Gasteiger partial charge is 0.174 e. The highest BCUT2D eigenvalue weighted by atomic mass is 19.1. The molecule has 0 aliphatic heterocycles. The van der Waals surface area contributed by atoms with Gasteiger partial charge in [-0.3, -0.25) is 0 Å². The Balaban J connectivity index is 2.56. The maximum Gasteiger partial charge on any atom is 0.174 e. The molecule has 1 heterocycles. The largest absolute Gasteiger partial charge is 0.494 e. The van der Waals surface area contributed by atoms with Crippen LogP contribution in [0.15, 0.2) is 24.5 Å². The first-order chi connectivity index (χ1) is 9.19. The summed E-state index contributed by atoms with van der Waals surface area (Å²) in [5, 5.41) is 3.13. The van der Waals surface area contributed by atoms with Gasteiger partial charge in [0.1, 0.15) is 12.1 Å². The number of hydrogen-bond donors (Lipinski definition) is 1. The highest BCUT2D eigenvalue weighted by Crippen LogP contribution is 2.31. The summed E-state index contributed by atoms with van der Waals surface area (Å²) in [4.78, 5) is 8.33. The molecule has 0 bridgehead atoms. The molecule has 0 atom stereocenters. The Morgan fingerprint density at radius 3 is 2.79 bits per heavy atom. The summed E-state index contributed by atoms with van der Waals surface area (Å²) >= 11 is 0. The minimum absolute atomic E-state index is 0.209. The fourth-order valence-electron chi connectivity index (χ4n) is 1.92. The van der Waals surface area contributed by atoms with Gasteiger partial charge >= 0.3 is 0 Å². The number of methoxy groups -OCH3 is 1. The molecule has 2 aromatic rings. The van der Waals surface area contributed by atoms with E-state index in [1.54, 1.807) is 18.2 Å². The van der Waals surface area contributed by atoms with Crippen molar-refractivity contribution in [3.05, 3.63) is 35.9 Å². The molecule has 0 unspecified atom stereocenters. The third kappa shape index (κ3) is 2.50. The van der Waals surface area contributed by atoms with Gasteiger partial charge in [-0.2, -0.15) is 0 Å². The van der Waals surface area contributed by atoms with E-state index < -0.39 is 5.82 Å². The molecule has 1 aromatic heterocycles. The number of halogens is 1. The Labute approximate surface area is 111 Å². The standard InChI is InChI=1S/C14H16FN3O/c1-4-16-14-9(2)13(17-8-18-14)10-6-5-7-11(19-3)12(10)15/h5-8H,4H2,1-3H3,(H,16,17,18). The van der Waals surface area contributed by atoms with Gasteiger partial charge in [0.2, 0.25) is 0 Å². The number of rotatable bonds is 4. The molecule has 5 heteroatoms. The van der Waals surface area contributed by atoms with Crippen LogP contribution in [0.4, 0.5) is 10.2 Å². The topological polar surface area (TPSA) is 47.0 Å². The van der Waals surface area contributed by atoms with Crippen LogP contribution in [-0.2, 0) is 0 Å².